The van der Waals surface area contributed by atoms with Gasteiger partial charge in [0.2, 0.25) is 0 Å². The lowest BCUT2D eigenvalue weighted by Crippen LogP contribution is -2.25. The Morgan fingerprint density at radius 1 is 1.40 bits per heavy atom. The highest BCUT2D eigenvalue weighted by atomic mass is 79.9. The number of rotatable bonds is 1. The summed E-state index contributed by atoms with van der Waals surface area (Å²) in [6.45, 7) is 6.34. The van der Waals surface area contributed by atoms with E-state index < -0.39 is 0 Å². The fourth-order valence-corrected chi connectivity index (χ4v) is 2.63. The van der Waals surface area contributed by atoms with Crippen molar-refractivity contribution in [1.29, 1.82) is 0 Å². The minimum atomic E-state index is 0.206. The standard InChI is InChI=1S/C12H16BrNO/c1-6-5-9-10(7(2)11(6)13)12(14-4)8(3)15-9/h5,8,12,14H,1-4H3. The molecule has 0 spiro atoms. The topological polar surface area (TPSA) is 21.3 Å². The molecule has 2 atom stereocenters. The molecule has 0 saturated carbocycles. The Bertz CT molecular complexity index is 403. The van der Waals surface area contributed by atoms with Gasteiger partial charge in [-0.25, -0.2) is 0 Å². The van der Waals surface area contributed by atoms with Crippen LogP contribution in [0.25, 0.3) is 0 Å². The molecule has 82 valence electrons. The van der Waals surface area contributed by atoms with Crippen molar-refractivity contribution in [1.82, 2.24) is 5.32 Å². The first-order valence-corrected chi connectivity index (χ1v) is 5.99. The van der Waals surface area contributed by atoms with Gasteiger partial charge in [0.15, 0.2) is 0 Å². The van der Waals surface area contributed by atoms with Gasteiger partial charge in [0.25, 0.3) is 0 Å². The Balaban J connectivity index is 2.61. The van der Waals surface area contributed by atoms with Crippen LogP contribution >= 0.6 is 15.9 Å². The maximum Gasteiger partial charge on any atom is 0.125 e. The van der Waals surface area contributed by atoms with E-state index in [1.165, 1.54) is 21.2 Å². The van der Waals surface area contributed by atoms with E-state index in [0.717, 1.165) is 5.75 Å². The molecule has 0 aromatic heterocycles. The van der Waals surface area contributed by atoms with Crippen molar-refractivity contribution in [3.8, 4) is 5.75 Å². The number of aryl methyl sites for hydroxylation is 1. The molecule has 0 aliphatic carbocycles. The van der Waals surface area contributed by atoms with Crippen LogP contribution in [0.1, 0.15) is 29.7 Å². The zero-order chi connectivity index (χ0) is 11.2. The molecule has 1 heterocycles. The minimum Gasteiger partial charge on any atom is -0.488 e. The van der Waals surface area contributed by atoms with Gasteiger partial charge in [-0.2, -0.15) is 0 Å². The molecule has 15 heavy (non-hydrogen) atoms. The Labute approximate surface area is 99.1 Å². The fraction of sp³-hybridized carbons (Fsp3) is 0.500. The molecule has 1 aromatic carbocycles. The third-order valence-corrected chi connectivity index (χ3v) is 4.32. The first-order chi connectivity index (χ1) is 7.06. The maximum absolute atomic E-state index is 5.84. The molecule has 2 nitrogen and oxygen atoms in total. The van der Waals surface area contributed by atoms with Crippen molar-refractivity contribution in [3.63, 3.8) is 0 Å². The van der Waals surface area contributed by atoms with E-state index in [2.05, 4.69) is 48.1 Å². The Morgan fingerprint density at radius 3 is 2.67 bits per heavy atom. The second kappa shape index (κ2) is 3.80. The van der Waals surface area contributed by atoms with E-state index in [4.69, 9.17) is 4.74 Å². The molecule has 0 amide bonds. The van der Waals surface area contributed by atoms with Gasteiger partial charge >= 0.3 is 0 Å². The zero-order valence-electron chi connectivity index (χ0n) is 9.52. The molecule has 1 N–H and O–H groups in total. The summed E-state index contributed by atoms with van der Waals surface area (Å²) >= 11 is 3.63. The van der Waals surface area contributed by atoms with Gasteiger partial charge in [0, 0.05) is 10.0 Å². The smallest absolute Gasteiger partial charge is 0.125 e. The van der Waals surface area contributed by atoms with Crippen molar-refractivity contribution < 1.29 is 4.74 Å². The van der Waals surface area contributed by atoms with Crippen molar-refractivity contribution in [2.45, 2.75) is 32.9 Å². The van der Waals surface area contributed by atoms with E-state index >= 15 is 0 Å². The van der Waals surface area contributed by atoms with Gasteiger partial charge in [-0.1, -0.05) is 15.9 Å². The predicted molar refractivity (Wildman–Crippen MR) is 65.5 cm³/mol. The normalized spacial score (nSPS) is 23.8. The highest BCUT2D eigenvalue weighted by molar-refractivity contribution is 9.10. The molecule has 0 bridgehead atoms. The third kappa shape index (κ3) is 1.58. The molecule has 2 unspecified atom stereocenters. The molecular formula is C12H16BrNO. The largest absolute Gasteiger partial charge is 0.488 e. The second-order valence-electron chi connectivity index (χ2n) is 4.13. The Morgan fingerprint density at radius 2 is 2.07 bits per heavy atom. The van der Waals surface area contributed by atoms with Crippen LogP contribution in [-0.2, 0) is 0 Å². The summed E-state index contributed by atoms with van der Waals surface area (Å²) in [5.74, 6) is 1.03. The predicted octanol–water partition coefficient (Wildman–Crippen LogP) is 3.11. The number of nitrogens with one attached hydrogen (secondary N) is 1. The Hall–Kier alpha value is -0.540. The van der Waals surface area contributed by atoms with Gasteiger partial charge < -0.3 is 10.1 Å². The number of benzene rings is 1. The Kier molecular flexibility index (Phi) is 2.77. The summed E-state index contributed by atoms with van der Waals surface area (Å²) in [5, 5.41) is 3.31. The average Bonchev–Trinajstić information content (AvgIpc) is 2.50. The van der Waals surface area contributed by atoms with Crippen LogP contribution < -0.4 is 10.1 Å². The lowest BCUT2D eigenvalue weighted by atomic mass is 9.98. The van der Waals surface area contributed by atoms with Crippen LogP contribution in [0.4, 0.5) is 0 Å². The second-order valence-corrected chi connectivity index (χ2v) is 4.93. The van der Waals surface area contributed by atoms with Crippen LogP contribution in [-0.4, -0.2) is 13.2 Å². The number of fused-ring (bicyclic) bond motifs is 1. The maximum atomic E-state index is 5.84. The van der Waals surface area contributed by atoms with E-state index in [0.29, 0.717) is 6.04 Å². The SMILES string of the molecule is CNC1c2c(cc(C)c(Br)c2C)OC1C. The molecule has 0 saturated heterocycles. The van der Waals surface area contributed by atoms with Gasteiger partial charge in [0.05, 0.1) is 6.04 Å². The minimum absolute atomic E-state index is 0.206. The fourth-order valence-electron chi connectivity index (χ4n) is 2.30. The summed E-state index contributed by atoms with van der Waals surface area (Å²) in [6, 6.07) is 2.41. The molecule has 2 rings (SSSR count). The number of hydrogen-bond acceptors (Lipinski definition) is 2. The highest BCUT2D eigenvalue weighted by Gasteiger charge is 2.32. The zero-order valence-corrected chi connectivity index (χ0v) is 11.1. The monoisotopic (exact) mass is 269 g/mol. The number of hydrogen-bond donors (Lipinski definition) is 1. The van der Waals surface area contributed by atoms with Crippen molar-refractivity contribution in [2.24, 2.45) is 0 Å². The molecule has 3 heteroatoms. The van der Waals surface area contributed by atoms with Gasteiger partial charge in [0.1, 0.15) is 11.9 Å². The molecule has 0 fully saturated rings. The van der Waals surface area contributed by atoms with Gasteiger partial charge in [-0.05, 0) is 45.0 Å². The van der Waals surface area contributed by atoms with E-state index in [9.17, 15) is 0 Å². The van der Waals surface area contributed by atoms with Crippen LogP contribution in [0.2, 0.25) is 0 Å². The summed E-state index contributed by atoms with van der Waals surface area (Å²) in [6.07, 6.45) is 0.206. The summed E-state index contributed by atoms with van der Waals surface area (Å²) in [5.41, 5.74) is 3.81. The average molecular weight is 270 g/mol. The van der Waals surface area contributed by atoms with Crippen LogP contribution in [0.15, 0.2) is 10.5 Å². The molecule has 1 aromatic rings. The van der Waals surface area contributed by atoms with Crippen LogP contribution in [0, 0.1) is 13.8 Å². The lowest BCUT2D eigenvalue weighted by Gasteiger charge is -2.15. The van der Waals surface area contributed by atoms with Crippen LogP contribution in [0.5, 0.6) is 5.75 Å². The molecule has 0 radical (unpaired) electrons. The van der Waals surface area contributed by atoms with Crippen molar-refractivity contribution >= 4 is 15.9 Å². The van der Waals surface area contributed by atoms with Crippen molar-refractivity contribution in [2.75, 3.05) is 7.05 Å². The van der Waals surface area contributed by atoms with E-state index in [-0.39, 0.29) is 6.10 Å². The van der Waals surface area contributed by atoms with E-state index in [1.807, 2.05) is 7.05 Å². The van der Waals surface area contributed by atoms with Crippen molar-refractivity contribution in [3.05, 3.63) is 27.2 Å². The van der Waals surface area contributed by atoms with Crippen LogP contribution in [0.3, 0.4) is 0 Å². The first kappa shape index (κ1) is 11.0. The summed E-state index contributed by atoms with van der Waals surface area (Å²) in [4.78, 5) is 0. The number of ether oxygens (including phenoxy) is 1. The van der Waals surface area contributed by atoms with Gasteiger partial charge in [-0.15, -0.1) is 0 Å². The summed E-state index contributed by atoms with van der Waals surface area (Å²) in [7, 11) is 1.98. The molecule has 1 aliphatic rings. The quantitative estimate of drug-likeness (QED) is 0.846. The molecule has 1 aliphatic heterocycles. The first-order valence-electron chi connectivity index (χ1n) is 5.19. The third-order valence-electron chi connectivity index (χ3n) is 3.10. The highest BCUT2D eigenvalue weighted by Crippen LogP contribution is 2.42. The number of likely N-dealkylation sites (N-methyl/N-ethyl adjacent to an activating group) is 1. The molecular weight excluding hydrogens is 254 g/mol. The van der Waals surface area contributed by atoms with E-state index in [1.54, 1.807) is 0 Å². The lowest BCUT2D eigenvalue weighted by molar-refractivity contribution is 0.214. The van der Waals surface area contributed by atoms with Gasteiger partial charge in [-0.3, -0.25) is 0 Å². The summed E-state index contributed by atoms with van der Waals surface area (Å²) < 4.78 is 7.04. The number of halogens is 1.